The van der Waals surface area contributed by atoms with E-state index in [1.807, 2.05) is 12.3 Å². The van der Waals surface area contributed by atoms with Crippen molar-refractivity contribution in [3.05, 3.63) is 77.1 Å². The zero-order chi connectivity index (χ0) is 17.2. The van der Waals surface area contributed by atoms with Gasteiger partial charge in [0.05, 0.1) is 0 Å². The van der Waals surface area contributed by atoms with Crippen LogP contribution in [0.4, 0.5) is 0 Å². The first-order valence-electron chi connectivity index (χ1n) is 8.86. The molecule has 0 radical (unpaired) electrons. The number of aromatic nitrogens is 1. The summed E-state index contributed by atoms with van der Waals surface area (Å²) in [7, 11) is 0. The Bertz CT molecular complexity index is 658. The van der Waals surface area contributed by atoms with Gasteiger partial charge in [0, 0.05) is 29.4 Å². The lowest BCUT2D eigenvalue weighted by Crippen LogP contribution is -2.38. The Morgan fingerprint density at radius 1 is 1.12 bits per heavy atom. The minimum atomic E-state index is 0.169. The predicted octanol–water partition coefficient (Wildman–Crippen LogP) is 5.08. The van der Waals surface area contributed by atoms with E-state index >= 15 is 0 Å². The molecule has 3 rings (SSSR count). The third kappa shape index (κ3) is 3.76. The fourth-order valence-electron chi connectivity index (χ4n) is 3.87. The Balaban J connectivity index is 1.94. The maximum atomic E-state index is 4.66. The van der Waals surface area contributed by atoms with Crippen LogP contribution in [0.25, 0.3) is 0 Å². The van der Waals surface area contributed by atoms with Crippen molar-refractivity contribution in [3.8, 4) is 0 Å². The number of hydrogen-bond acceptors (Lipinski definition) is 2. The summed E-state index contributed by atoms with van der Waals surface area (Å²) < 4.78 is 0. The van der Waals surface area contributed by atoms with E-state index in [4.69, 9.17) is 0 Å². The number of rotatable bonds is 4. The van der Waals surface area contributed by atoms with Gasteiger partial charge in [0.1, 0.15) is 0 Å². The average molecular weight is 320 g/mol. The molecule has 1 aromatic heterocycles. The molecule has 0 amide bonds. The third-order valence-electron chi connectivity index (χ3n) is 4.98. The molecule has 24 heavy (non-hydrogen) atoms. The topological polar surface area (TPSA) is 24.9 Å². The molecule has 1 aromatic carbocycles. The normalized spacial score (nSPS) is 20.8. The summed E-state index contributed by atoms with van der Waals surface area (Å²) >= 11 is 0. The van der Waals surface area contributed by atoms with Gasteiger partial charge >= 0.3 is 0 Å². The van der Waals surface area contributed by atoms with Crippen LogP contribution in [0.3, 0.4) is 0 Å². The lowest BCUT2D eigenvalue weighted by molar-refractivity contribution is 0.412. The molecule has 2 heteroatoms. The van der Waals surface area contributed by atoms with E-state index in [1.54, 1.807) is 5.57 Å². The molecule has 126 valence electrons. The second kappa shape index (κ2) is 6.90. The van der Waals surface area contributed by atoms with Gasteiger partial charge in [0.25, 0.3) is 0 Å². The lowest BCUT2D eigenvalue weighted by Gasteiger charge is -2.24. The number of allylic oxidation sites excluding steroid dienone is 1. The second-order valence-electron chi connectivity index (χ2n) is 7.74. The molecule has 0 saturated carbocycles. The van der Waals surface area contributed by atoms with Crippen LogP contribution in [0.15, 0.2) is 65.9 Å². The van der Waals surface area contributed by atoms with Gasteiger partial charge in [0.15, 0.2) is 0 Å². The first-order valence-corrected chi connectivity index (χ1v) is 8.86. The Morgan fingerprint density at radius 2 is 1.83 bits per heavy atom. The van der Waals surface area contributed by atoms with E-state index in [2.05, 4.69) is 80.5 Å². The van der Waals surface area contributed by atoms with E-state index in [1.165, 1.54) is 11.1 Å². The summed E-state index contributed by atoms with van der Waals surface area (Å²) in [5, 5.41) is 3.85. The van der Waals surface area contributed by atoms with Crippen molar-refractivity contribution in [2.45, 2.75) is 58.0 Å². The van der Waals surface area contributed by atoms with E-state index in [9.17, 15) is 0 Å². The highest BCUT2D eigenvalue weighted by atomic mass is 15.0. The molecule has 1 fully saturated rings. The number of benzene rings is 1. The van der Waals surface area contributed by atoms with Crippen molar-refractivity contribution in [2.75, 3.05) is 0 Å². The monoisotopic (exact) mass is 320 g/mol. The molecule has 2 atom stereocenters. The van der Waals surface area contributed by atoms with Gasteiger partial charge in [-0.1, -0.05) is 47.5 Å². The van der Waals surface area contributed by atoms with Crippen molar-refractivity contribution in [1.29, 1.82) is 0 Å². The molecule has 2 aromatic rings. The van der Waals surface area contributed by atoms with Gasteiger partial charge in [-0.25, -0.2) is 0 Å². The van der Waals surface area contributed by atoms with Gasteiger partial charge in [-0.3, -0.25) is 4.98 Å². The molecule has 0 aliphatic carbocycles. The molecule has 1 N–H and O–H groups in total. The van der Waals surface area contributed by atoms with Crippen LogP contribution in [-0.2, 0) is 0 Å². The SMILES string of the molecule is CC(C)=C1CC(C)(C)NC1CC(c1ccccc1)c1ccccn1. The fraction of sp³-hybridized carbons (Fsp3) is 0.409. The number of nitrogens with one attached hydrogen (secondary N) is 1. The van der Waals surface area contributed by atoms with E-state index in [0.29, 0.717) is 12.0 Å². The van der Waals surface area contributed by atoms with E-state index in [0.717, 1.165) is 18.5 Å². The lowest BCUT2D eigenvalue weighted by atomic mass is 9.86. The van der Waals surface area contributed by atoms with Crippen LogP contribution in [0, 0.1) is 0 Å². The van der Waals surface area contributed by atoms with Crippen molar-refractivity contribution in [2.24, 2.45) is 0 Å². The highest BCUT2D eigenvalue weighted by Gasteiger charge is 2.36. The maximum absolute atomic E-state index is 4.66. The fourth-order valence-corrected chi connectivity index (χ4v) is 3.87. The third-order valence-corrected chi connectivity index (χ3v) is 4.98. The van der Waals surface area contributed by atoms with Gasteiger partial charge in [0.2, 0.25) is 0 Å². The molecular formula is C22H28N2. The van der Waals surface area contributed by atoms with Crippen LogP contribution in [0.5, 0.6) is 0 Å². The smallest absolute Gasteiger partial charge is 0.0479 e. The summed E-state index contributed by atoms with van der Waals surface area (Å²) in [5.41, 5.74) is 5.68. The quantitative estimate of drug-likeness (QED) is 0.795. The second-order valence-corrected chi connectivity index (χ2v) is 7.74. The van der Waals surface area contributed by atoms with Crippen molar-refractivity contribution < 1.29 is 0 Å². The first-order chi connectivity index (χ1) is 11.5. The molecule has 1 aliphatic rings. The molecule has 1 aliphatic heterocycles. The standard InChI is InChI=1S/C22H28N2/c1-16(2)19-15-22(3,4)24-21(19)14-18(17-10-6-5-7-11-17)20-12-8-9-13-23-20/h5-13,18,21,24H,14-15H2,1-4H3. The maximum Gasteiger partial charge on any atom is 0.0479 e. The zero-order valence-electron chi connectivity index (χ0n) is 15.2. The molecule has 1 saturated heterocycles. The summed E-state index contributed by atoms with van der Waals surface area (Å²) in [6.45, 7) is 9.08. The molecule has 2 unspecified atom stereocenters. The van der Waals surface area contributed by atoms with Crippen LogP contribution >= 0.6 is 0 Å². The molecule has 2 nitrogen and oxygen atoms in total. The van der Waals surface area contributed by atoms with Crippen LogP contribution in [-0.4, -0.2) is 16.6 Å². The minimum absolute atomic E-state index is 0.169. The molecule has 0 bridgehead atoms. The Hall–Kier alpha value is -1.93. The largest absolute Gasteiger partial charge is 0.305 e. The van der Waals surface area contributed by atoms with Crippen molar-refractivity contribution >= 4 is 0 Å². The minimum Gasteiger partial charge on any atom is -0.305 e. The van der Waals surface area contributed by atoms with Crippen molar-refractivity contribution in [3.63, 3.8) is 0 Å². The van der Waals surface area contributed by atoms with E-state index < -0.39 is 0 Å². The van der Waals surface area contributed by atoms with Gasteiger partial charge < -0.3 is 5.32 Å². The number of nitrogens with zero attached hydrogens (tertiary/aromatic N) is 1. The van der Waals surface area contributed by atoms with Gasteiger partial charge in [-0.05, 0) is 58.2 Å². The Labute approximate surface area is 146 Å². The zero-order valence-corrected chi connectivity index (χ0v) is 15.2. The summed E-state index contributed by atoms with van der Waals surface area (Å²) in [4.78, 5) is 4.66. The predicted molar refractivity (Wildman–Crippen MR) is 101 cm³/mol. The van der Waals surface area contributed by atoms with Crippen LogP contribution in [0.2, 0.25) is 0 Å². The Morgan fingerprint density at radius 3 is 2.46 bits per heavy atom. The number of pyridine rings is 1. The summed E-state index contributed by atoms with van der Waals surface area (Å²) in [5.74, 6) is 0.313. The van der Waals surface area contributed by atoms with Gasteiger partial charge in [-0.15, -0.1) is 0 Å². The number of hydrogen-bond donors (Lipinski definition) is 1. The van der Waals surface area contributed by atoms with E-state index in [-0.39, 0.29) is 5.54 Å². The highest BCUT2D eigenvalue weighted by molar-refractivity contribution is 5.32. The molecule has 0 spiro atoms. The van der Waals surface area contributed by atoms with Crippen LogP contribution < -0.4 is 5.32 Å². The molecule has 2 heterocycles. The van der Waals surface area contributed by atoms with Crippen molar-refractivity contribution in [1.82, 2.24) is 10.3 Å². The summed E-state index contributed by atoms with van der Waals surface area (Å²) in [6, 6.07) is 17.4. The Kier molecular flexibility index (Phi) is 4.86. The summed E-state index contributed by atoms with van der Waals surface area (Å²) in [6.07, 6.45) is 4.08. The van der Waals surface area contributed by atoms with Gasteiger partial charge in [-0.2, -0.15) is 0 Å². The van der Waals surface area contributed by atoms with Crippen LogP contribution in [0.1, 0.15) is 57.7 Å². The average Bonchev–Trinajstić information content (AvgIpc) is 2.89. The molecular weight excluding hydrogens is 292 g/mol. The highest BCUT2D eigenvalue weighted by Crippen LogP contribution is 2.37. The first kappa shape index (κ1) is 16.9.